The summed E-state index contributed by atoms with van der Waals surface area (Å²) in [4.78, 5) is 24.2. The molecule has 2 heterocycles. The number of ether oxygens (including phenoxy) is 1. The Morgan fingerprint density at radius 1 is 1.39 bits per heavy atom. The van der Waals surface area contributed by atoms with Gasteiger partial charge in [-0.3, -0.25) is 0 Å². The van der Waals surface area contributed by atoms with Crippen LogP contribution in [0, 0.1) is 0 Å². The van der Waals surface area contributed by atoms with E-state index in [4.69, 9.17) is 4.74 Å². The molecule has 0 aromatic carbocycles. The van der Waals surface area contributed by atoms with Gasteiger partial charge in [-0.25, -0.2) is 0 Å². The molecule has 0 N–H and O–H groups in total. The van der Waals surface area contributed by atoms with E-state index in [1.165, 1.54) is 0 Å². The van der Waals surface area contributed by atoms with Gasteiger partial charge in [-0.05, 0) is 0 Å². The Bertz CT molecular complexity index is 567. The molecule has 18 heavy (non-hydrogen) atoms. The van der Waals surface area contributed by atoms with Crippen LogP contribution in [0.2, 0.25) is 17.3 Å². The molecular formula is C11H17GeN2O3Si. The first kappa shape index (κ1) is 13.8. The second-order valence-electron chi connectivity index (χ2n) is 5.59. The molecule has 1 aliphatic heterocycles. The van der Waals surface area contributed by atoms with Crippen molar-refractivity contribution in [3.8, 4) is 0 Å². The van der Waals surface area contributed by atoms with Crippen LogP contribution in [-0.4, -0.2) is 39.1 Å². The van der Waals surface area contributed by atoms with Gasteiger partial charge in [0.1, 0.15) is 0 Å². The topological polar surface area (TPSA) is 53.2 Å². The summed E-state index contributed by atoms with van der Waals surface area (Å²) in [6, 6.07) is 0. The summed E-state index contributed by atoms with van der Waals surface area (Å²) >= 11 is -2.31. The van der Waals surface area contributed by atoms with Gasteiger partial charge in [-0.15, -0.1) is 0 Å². The van der Waals surface area contributed by atoms with Crippen LogP contribution >= 0.6 is 0 Å². The van der Waals surface area contributed by atoms with Gasteiger partial charge in [0.2, 0.25) is 0 Å². The summed E-state index contributed by atoms with van der Waals surface area (Å²) in [5, 5.41) is 0. The molecule has 3 radical (unpaired) electrons. The third-order valence-electron chi connectivity index (χ3n) is 3.14. The van der Waals surface area contributed by atoms with E-state index >= 15 is 0 Å². The van der Waals surface area contributed by atoms with Crippen LogP contribution in [0.1, 0.15) is 19.1 Å². The normalized spacial score (nSPS) is 20.3. The van der Waals surface area contributed by atoms with Gasteiger partial charge in [-0.1, -0.05) is 0 Å². The number of nitrogens with zero attached hydrogens (tertiary/aromatic N) is 2. The van der Waals surface area contributed by atoms with Gasteiger partial charge >= 0.3 is 112 Å². The van der Waals surface area contributed by atoms with E-state index in [1.54, 1.807) is 10.8 Å². The molecule has 0 spiro atoms. The van der Waals surface area contributed by atoms with Gasteiger partial charge in [0, 0.05) is 0 Å². The zero-order valence-corrected chi connectivity index (χ0v) is 14.0. The van der Waals surface area contributed by atoms with Crippen LogP contribution in [0.5, 0.6) is 0 Å². The quantitative estimate of drug-likeness (QED) is 0.707. The Morgan fingerprint density at radius 2 is 2.06 bits per heavy atom. The Balaban J connectivity index is 2.64. The van der Waals surface area contributed by atoms with Crippen molar-refractivity contribution in [3.05, 3.63) is 27.0 Å². The molecule has 1 aromatic heterocycles. The van der Waals surface area contributed by atoms with Crippen molar-refractivity contribution in [1.82, 2.24) is 8.80 Å². The second kappa shape index (κ2) is 4.82. The van der Waals surface area contributed by atoms with Gasteiger partial charge in [0.05, 0.1) is 0 Å². The maximum absolute atomic E-state index is 12.1. The van der Waals surface area contributed by atoms with E-state index in [1.807, 2.05) is 0 Å². The van der Waals surface area contributed by atoms with Crippen molar-refractivity contribution in [2.24, 2.45) is 0 Å². The summed E-state index contributed by atoms with van der Waals surface area (Å²) in [6.45, 7) is 0.671. The van der Waals surface area contributed by atoms with Crippen LogP contribution in [0.15, 0.2) is 15.8 Å². The molecule has 0 aliphatic carbocycles. The fourth-order valence-electron chi connectivity index (χ4n) is 2.07. The molecular weight excluding hydrogens is 309 g/mol. The molecule has 0 saturated carbocycles. The molecule has 1 aliphatic rings. The van der Waals surface area contributed by atoms with Crippen molar-refractivity contribution < 1.29 is 4.74 Å². The summed E-state index contributed by atoms with van der Waals surface area (Å²) in [6.07, 6.45) is 3.26. The maximum atomic E-state index is 12.1. The van der Waals surface area contributed by atoms with Crippen LogP contribution in [0.25, 0.3) is 0 Å². The average molecular weight is 326 g/mol. The van der Waals surface area contributed by atoms with Gasteiger partial charge in [0.15, 0.2) is 0 Å². The molecule has 2 rings (SSSR count). The van der Waals surface area contributed by atoms with Crippen LogP contribution in [0.3, 0.4) is 0 Å². The summed E-state index contributed by atoms with van der Waals surface area (Å²) in [7, 11) is 3.12. The average Bonchev–Trinajstić information content (AvgIpc) is 2.78. The van der Waals surface area contributed by atoms with Crippen molar-refractivity contribution in [2.75, 3.05) is 6.61 Å². The van der Waals surface area contributed by atoms with Crippen molar-refractivity contribution in [3.63, 3.8) is 0 Å². The number of hydrogen-bond donors (Lipinski definition) is 0. The van der Waals surface area contributed by atoms with Gasteiger partial charge < -0.3 is 0 Å². The SMILES string of the molecule is [CH3][Ge]([CH3])([CH3])[c]1cn(C2CCCO2)c(=O)n([Si])c1=O. The summed E-state index contributed by atoms with van der Waals surface area (Å²) in [5.41, 5.74) is -0.586. The first-order valence-corrected chi connectivity index (χ1v) is 13.8. The van der Waals surface area contributed by atoms with Crippen molar-refractivity contribution in [2.45, 2.75) is 36.3 Å². The monoisotopic (exact) mass is 327 g/mol. The number of hydrogen-bond acceptors (Lipinski definition) is 3. The molecule has 1 fully saturated rings. The standard InChI is InChI=1S/C11H17GeN2O3Si/c1-12(2,3)8-7-13(9-5-4-6-17-9)11(16)14(18)10(8)15/h7,9H,4-6H2,1-3H3. The Labute approximate surface area is 112 Å². The number of rotatable bonds is 2. The Kier molecular flexibility index (Phi) is 3.70. The zero-order chi connectivity index (χ0) is 13.5. The van der Waals surface area contributed by atoms with Crippen LogP contribution in [-0.2, 0) is 4.74 Å². The molecule has 1 saturated heterocycles. The molecule has 5 nitrogen and oxygen atoms in total. The zero-order valence-electron chi connectivity index (χ0n) is 10.9. The first-order chi connectivity index (χ1) is 8.32. The van der Waals surface area contributed by atoms with E-state index in [0.29, 0.717) is 6.61 Å². The molecule has 1 aromatic rings. The predicted molar refractivity (Wildman–Crippen MR) is 73.3 cm³/mol. The third-order valence-corrected chi connectivity index (χ3v) is 7.64. The summed E-state index contributed by atoms with van der Waals surface area (Å²) < 4.78 is 8.88. The Morgan fingerprint density at radius 3 is 2.56 bits per heavy atom. The second-order valence-corrected chi connectivity index (χ2v) is 16.6. The minimum absolute atomic E-state index is 0.224. The van der Waals surface area contributed by atoms with Crippen molar-refractivity contribution >= 4 is 28.1 Å². The van der Waals surface area contributed by atoms with Crippen LogP contribution in [0.4, 0.5) is 0 Å². The van der Waals surface area contributed by atoms with Gasteiger partial charge in [-0.2, -0.15) is 0 Å². The molecule has 0 bridgehead atoms. The molecule has 7 heteroatoms. The number of aromatic nitrogens is 2. The van der Waals surface area contributed by atoms with Gasteiger partial charge in [0.25, 0.3) is 0 Å². The predicted octanol–water partition coefficient (Wildman–Crippen LogP) is -0.204. The molecule has 97 valence electrons. The Hall–Kier alpha value is -0.600. The molecule has 1 unspecified atom stereocenters. The van der Waals surface area contributed by atoms with E-state index in [-0.39, 0.29) is 17.5 Å². The van der Waals surface area contributed by atoms with E-state index in [9.17, 15) is 9.59 Å². The fraction of sp³-hybridized carbons (Fsp3) is 0.636. The van der Waals surface area contributed by atoms with E-state index < -0.39 is 13.3 Å². The third kappa shape index (κ3) is 2.41. The van der Waals surface area contributed by atoms with Crippen molar-refractivity contribution in [1.29, 1.82) is 0 Å². The van der Waals surface area contributed by atoms with Crippen LogP contribution < -0.4 is 15.6 Å². The molecule has 1 atom stereocenters. The minimum atomic E-state index is -2.31. The van der Waals surface area contributed by atoms with E-state index in [0.717, 1.165) is 21.5 Å². The summed E-state index contributed by atoms with van der Waals surface area (Å²) in [5.74, 6) is 6.40. The fourth-order valence-corrected chi connectivity index (χ4v) is 5.23. The van der Waals surface area contributed by atoms with E-state index in [2.05, 4.69) is 27.7 Å². The molecule has 0 amide bonds. The first-order valence-electron chi connectivity index (χ1n) is 6.04.